The summed E-state index contributed by atoms with van der Waals surface area (Å²) < 4.78 is 0. The van der Waals surface area contributed by atoms with Crippen LogP contribution in [0.1, 0.15) is 79.6 Å². The Morgan fingerprint density at radius 1 is 1.04 bits per heavy atom. The van der Waals surface area contributed by atoms with Crippen LogP contribution >= 0.6 is 0 Å². The third-order valence-corrected chi connectivity index (χ3v) is 9.41. The molecular weight excluding hydrogens is 340 g/mol. The molecule has 0 aromatic rings. The van der Waals surface area contributed by atoms with Crippen molar-refractivity contribution in [2.24, 2.45) is 46.3 Å². The minimum Gasteiger partial charge on any atom is -0.385 e. The molecule has 0 saturated heterocycles. The molecule has 0 spiro atoms. The Kier molecular flexibility index (Phi) is 5.45. The van der Waals surface area contributed by atoms with E-state index < -0.39 is 6.10 Å². The van der Waals surface area contributed by atoms with Crippen LogP contribution in [0, 0.1) is 46.3 Å². The van der Waals surface area contributed by atoms with E-state index in [1.807, 2.05) is 6.08 Å². The van der Waals surface area contributed by atoms with Crippen molar-refractivity contribution in [3.8, 4) is 0 Å². The maximum Gasteiger partial charge on any atom is 0.0908 e. The lowest BCUT2D eigenvalue weighted by Gasteiger charge is -2.55. The molecule has 1 N–H and O–H groups in total. The average Bonchev–Trinajstić information content (AvgIpc) is 2.99. The van der Waals surface area contributed by atoms with Gasteiger partial charge >= 0.3 is 0 Å². The van der Waals surface area contributed by atoms with Gasteiger partial charge < -0.3 is 5.11 Å². The van der Waals surface area contributed by atoms with Gasteiger partial charge in [-0.15, -0.1) is 0 Å². The van der Waals surface area contributed by atoms with Gasteiger partial charge in [-0.2, -0.15) is 0 Å². The molecular formula is C27H42O. The zero-order chi connectivity index (χ0) is 20.1. The Hall–Kier alpha value is -0.820. The average molecular weight is 383 g/mol. The summed E-state index contributed by atoms with van der Waals surface area (Å²) in [7, 11) is 0. The summed E-state index contributed by atoms with van der Waals surface area (Å²) in [6.45, 7) is 12.3. The first kappa shape index (κ1) is 20.5. The van der Waals surface area contributed by atoms with Crippen molar-refractivity contribution >= 4 is 0 Å². The van der Waals surface area contributed by atoms with Gasteiger partial charge in [-0.1, -0.05) is 78.2 Å². The van der Waals surface area contributed by atoms with Crippen molar-refractivity contribution in [1.82, 2.24) is 0 Å². The van der Waals surface area contributed by atoms with E-state index in [1.165, 1.54) is 50.5 Å². The topological polar surface area (TPSA) is 20.2 Å². The standard InChI is InChI=1S/C27H42O/c1-18(2)7-6-8-19(3)23-11-12-24-22-10-9-20-17-21(28)13-15-26(20,4)25(22)14-16-27(23,24)5/h9-10,13,15,17-19,21-25,28H,6-8,11-12,14,16H2,1-5H3/t19-,21-,22+,23-,24+,25+,26+,27-/m1/s1. The zero-order valence-electron chi connectivity index (χ0n) is 18.8. The fraction of sp³-hybridized carbons (Fsp3) is 0.778. The summed E-state index contributed by atoms with van der Waals surface area (Å²) in [5.74, 6) is 4.89. The van der Waals surface area contributed by atoms with Crippen molar-refractivity contribution in [1.29, 1.82) is 0 Å². The first-order chi connectivity index (χ1) is 13.3. The number of allylic oxidation sites excluding steroid dienone is 4. The highest BCUT2D eigenvalue weighted by molar-refractivity contribution is 5.42. The van der Waals surface area contributed by atoms with Gasteiger partial charge in [-0.25, -0.2) is 0 Å². The second kappa shape index (κ2) is 7.46. The maximum absolute atomic E-state index is 10.1. The number of hydrogen-bond acceptors (Lipinski definition) is 1. The first-order valence-corrected chi connectivity index (χ1v) is 12.0. The smallest absolute Gasteiger partial charge is 0.0908 e. The van der Waals surface area contributed by atoms with Gasteiger partial charge in [-0.3, -0.25) is 0 Å². The fourth-order valence-corrected chi connectivity index (χ4v) is 7.79. The molecule has 2 fully saturated rings. The molecule has 0 aliphatic heterocycles. The molecule has 2 saturated carbocycles. The van der Waals surface area contributed by atoms with Crippen molar-refractivity contribution in [3.05, 3.63) is 36.0 Å². The van der Waals surface area contributed by atoms with Crippen LogP contribution < -0.4 is 0 Å². The third kappa shape index (κ3) is 3.26. The maximum atomic E-state index is 10.1. The van der Waals surface area contributed by atoms with E-state index in [9.17, 15) is 5.11 Å². The summed E-state index contributed by atoms with van der Waals surface area (Å²) in [4.78, 5) is 0. The summed E-state index contributed by atoms with van der Waals surface area (Å²) in [6, 6.07) is 0. The molecule has 0 aromatic carbocycles. The lowest BCUT2D eigenvalue weighted by molar-refractivity contribution is -0.0128. The quantitative estimate of drug-likeness (QED) is 0.511. The number of aliphatic hydroxyl groups excluding tert-OH is 1. The second-order valence-electron chi connectivity index (χ2n) is 11.4. The van der Waals surface area contributed by atoms with E-state index in [0.717, 1.165) is 23.7 Å². The van der Waals surface area contributed by atoms with Crippen LogP contribution in [0.25, 0.3) is 0 Å². The fourth-order valence-electron chi connectivity index (χ4n) is 7.79. The van der Waals surface area contributed by atoms with Gasteiger partial charge in [0.2, 0.25) is 0 Å². The molecule has 0 aromatic heterocycles. The Bertz CT molecular complexity index is 670. The van der Waals surface area contributed by atoms with Gasteiger partial charge in [0.15, 0.2) is 0 Å². The Morgan fingerprint density at radius 3 is 2.57 bits per heavy atom. The van der Waals surface area contributed by atoms with Gasteiger partial charge in [-0.05, 0) is 78.3 Å². The lowest BCUT2D eigenvalue weighted by atomic mass is 9.49. The minimum atomic E-state index is -0.402. The molecule has 0 unspecified atom stereocenters. The summed E-state index contributed by atoms with van der Waals surface area (Å²) in [6.07, 6.45) is 20.7. The molecule has 0 heterocycles. The van der Waals surface area contributed by atoms with Gasteiger partial charge in [0.05, 0.1) is 6.10 Å². The van der Waals surface area contributed by atoms with E-state index in [0.29, 0.717) is 17.3 Å². The van der Waals surface area contributed by atoms with Crippen LogP contribution in [0.3, 0.4) is 0 Å². The molecule has 0 radical (unpaired) electrons. The molecule has 8 atom stereocenters. The monoisotopic (exact) mass is 382 g/mol. The van der Waals surface area contributed by atoms with Crippen LogP contribution in [-0.4, -0.2) is 11.2 Å². The number of fused-ring (bicyclic) bond motifs is 5. The number of hydrogen-bond donors (Lipinski definition) is 1. The van der Waals surface area contributed by atoms with Crippen molar-refractivity contribution < 1.29 is 5.11 Å². The zero-order valence-corrected chi connectivity index (χ0v) is 18.8. The Balaban J connectivity index is 1.53. The summed E-state index contributed by atoms with van der Waals surface area (Å²) in [5, 5.41) is 10.1. The van der Waals surface area contributed by atoms with Crippen LogP contribution in [-0.2, 0) is 0 Å². The molecule has 4 rings (SSSR count). The van der Waals surface area contributed by atoms with E-state index in [-0.39, 0.29) is 5.41 Å². The van der Waals surface area contributed by atoms with Crippen LogP contribution in [0.2, 0.25) is 0 Å². The molecule has 4 aliphatic carbocycles. The molecule has 0 bridgehead atoms. The first-order valence-electron chi connectivity index (χ1n) is 12.0. The highest BCUT2D eigenvalue weighted by Gasteiger charge is 2.57. The normalized spacial score (nSPS) is 45.4. The van der Waals surface area contributed by atoms with Crippen LogP contribution in [0.15, 0.2) is 36.0 Å². The van der Waals surface area contributed by atoms with Gasteiger partial charge in [0, 0.05) is 5.41 Å². The predicted octanol–water partition coefficient (Wildman–Crippen LogP) is 6.94. The summed E-state index contributed by atoms with van der Waals surface area (Å²) in [5.41, 5.74) is 2.00. The van der Waals surface area contributed by atoms with Crippen molar-refractivity contribution in [2.45, 2.75) is 85.7 Å². The highest BCUT2D eigenvalue weighted by Crippen LogP contribution is 2.65. The van der Waals surface area contributed by atoms with Crippen molar-refractivity contribution in [2.75, 3.05) is 0 Å². The molecule has 1 heteroatoms. The largest absolute Gasteiger partial charge is 0.385 e. The summed E-state index contributed by atoms with van der Waals surface area (Å²) >= 11 is 0. The molecule has 0 amide bonds. The highest BCUT2D eigenvalue weighted by atomic mass is 16.3. The molecule has 156 valence electrons. The van der Waals surface area contributed by atoms with E-state index in [4.69, 9.17) is 0 Å². The van der Waals surface area contributed by atoms with E-state index in [1.54, 1.807) is 0 Å². The number of aliphatic hydroxyl groups is 1. The van der Waals surface area contributed by atoms with Crippen molar-refractivity contribution in [3.63, 3.8) is 0 Å². The van der Waals surface area contributed by atoms with Gasteiger partial charge in [0.25, 0.3) is 0 Å². The van der Waals surface area contributed by atoms with Gasteiger partial charge in [0.1, 0.15) is 0 Å². The Labute approximate surface area is 173 Å². The molecule has 28 heavy (non-hydrogen) atoms. The van der Waals surface area contributed by atoms with E-state index in [2.05, 4.69) is 58.9 Å². The Morgan fingerprint density at radius 2 is 1.82 bits per heavy atom. The van der Waals surface area contributed by atoms with E-state index >= 15 is 0 Å². The minimum absolute atomic E-state index is 0.126. The molecule has 4 aliphatic rings. The predicted molar refractivity (Wildman–Crippen MR) is 119 cm³/mol. The SMILES string of the molecule is CC(C)CCC[C@@H](C)[C@H]1CC[C@H]2[C@@H]3C=CC4=C[C@H](O)C=C[C@]4(C)[C@H]3CC[C@]12C. The third-order valence-electron chi connectivity index (χ3n) is 9.41. The molecule has 1 nitrogen and oxygen atoms in total. The number of rotatable bonds is 5. The lowest BCUT2D eigenvalue weighted by Crippen LogP contribution is -2.48. The van der Waals surface area contributed by atoms with Crippen LogP contribution in [0.4, 0.5) is 0 Å². The van der Waals surface area contributed by atoms with Crippen LogP contribution in [0.5, 0.6) is 0 Å². The second-order valence-corrected chi connectivity index (χ2v) is 11.4.